The molecule has 0 saturated carbocycles. The molecule has 1 aromatic carbocycles. The smallest absolute Gasteiger partial charge is 0.255 e. The van der Waals surface area contributed by atoms with E-state index in [0.717, 1.165) is 6.42 Å². The van der Waals surface area contributed by atoms with Gasteiger partial charge >= 0.3 is 0 Å². The maximum absolute atomic E-state index is 12.2. The first-order valence-corrected chi connectivity index (χ1v) is 6.44. The van der Waals surface area contributed by atoms with Gasteiger partial charge in [0.25, 0.3) is 5.91 Å². The summed E-state index contributed by atoms with van der Waals surface area (Å²) in [7, 11) is 0. The maximum atomic E-state index is 12.2. The Balaban J connectivity index is 1.80. The van der Waals surface area contributed by atoms with Crippen molar-refractivity contribution in [2.24, 2.45) is 0 Å². The molecule has 2 heterocycles. The molecule has 20 heavy (non-hydrogen) atoms. The zero-order valence-electron chi connectivity index (χ0n) is 10.8. The lowest BCUT2D eigenvalue weighted by molar-refractivity contribution is 0.102. The van der Waals surface area contributed by atoms with Gasteiger partial charge in [-0.1, -0.05) is 0 Å². The molecule has 3 rings (SSSR count). The van der Waals surface area contributed by atoms with Crippen LogP contribution in [-0.4, -0.2) is 24.1 Å². The Bertz CT molecular complexity index is 614. The van der Waals surface area contributed by atoms with E-state index >= 15 is 0 Å². The quantitative estimate of drug-likeness (QED) is 0.910. The number of aromatic nitrogens is 1. The number of nitrogens with one attached hydrogen (secondary N) is 1. The number of carbonyl (C=O) groups is 1. The third kappa shape index (κ3) is 2.71. The molecule has 0 spiro atoms. The van der Waals surface area contributed by atoms with E-state index in [1.54, 1.807) is 42.7 Å². The van der Waals surface area contributed by atoms with E-state index in [0.29, 0.717) is 36.0 Å². The van der Waals surface area contributed by atoms with Crippen molar-refractivity contribution in [1.29, 1.82) is 0 Å². The molecule has 1 N–H and O–H groups in total. The highest BCUT2D eigenvalue weighted by Gasteiger charge is 2.14. The van der Waals surface area contributed by atoms with Gasteiger partial charge in [0.05, 0.1) is 13.2 Å². The van der Waals surface area contributed by atoms with Crippen LogP contribution in [0.1, 0.15) is 16.8 Å². The summed E-state index contributed by atoms with van der Waals surface area (Å²) in [4.78, 5) is 16.1. The van der Waals surface area contributed by atoms with Gasteiger partial charge in [0.2, 0.25) is 0 Å². The first-order valence-electron chi connectivity index (χ1n) is 6.44. The van der Waals surface area contributed by atoms with Gasteiger partial charge in [-0.05, 0) is 30.3 Å². The van der Waals surface area contributed by atoms with Crippen molar-refractivity contribution in [3.05, 3.63) is 48.3 Å². The molecule has 1 aliphatic heterocycles. The number of carbonyl (C=O) groups excluding carboxylic acids is 1. The largest absolute Gasteiger partial charge is 0.490 e. The van der Waals surface area contributed by atoms with E-state index < -0.39 is 0 Å². The fraction of sp³-hybridized carbons (Fsp3) is 0.200. The Morgan fingerprint density at radius 2 is 1.80 bits per heavy atom. The molecule has 1 aliphatic rings. The molecule has 0 radical (unpaired) electrons. The van der Waals surface area contributed by atoms with E-state index in [1.165, 1.54) is 0 Å². The van der Waals surface area contributed by atoms with Gasteiger partial charge in [-0.15, -0.1) is 0 Å². The van der Waals surface area contributed by atoms with E-state index in [2.05, 4.69) is 10.3 Å². The van der Waals surface area contributed by atoms with Gasteiger partial charge in [0, 0.05) is 30.1 Å². The van der Waals surface area contributed by atoms with E-state index in [1.807, 2.05) is 0 Å². The van der Waals surface area contributed by atoms with Gasteiger partial charge in [0.1, 0.15) is 0 Å². The van der Waals surface area contributed by atoms with Crippen molar-refractivity contribution < 1.29 is 14.3 Å². The van der Waals surface area contributed by atoms with Crippen LogP contribution in [0.3, 0.4) is 0 Å². The second-order valence-corrected chi connectivity index (χ2v) is 4.40. The lowest BCUT2D eigenvalue weighted by atomic mass is 10.2. The van der Waals surface area contributed by atoms with Crippen LogP contribution in [-0.2, 0) is 0 Å². The predicted octanol–water partition coefficient (Wildman–Crippen LogP) is 2.50. The van der Waals surface area contributed by atoms with Crippen LogP contribution in [0.5, 0.6) is 11.5 Å². The Hall–Kier alpha value is -2.56. The normalized spacial score (nSPS) is 13.4. The number of rotatable bonds is 2. The van der Waals surface area contributed by atoms with Gasteiger partial charge in [-0.3, -0.25) is 9.78 Å². The van der Waals surface area contributed by atoms with Crippen LogP contribution in [0.2, 0.25) is 0 Å². The minimum atomic E-state index is -0.188. The second-order valence-electron chi connectivity index (χ2n) is 4.40. The zero-order valence-corrected chi connectivity index (χ0v) is 10.8. The first kappa shape index (κ1) is 12.5. The summed E-state index contributed by atoms with van der Waals surface area (Å²) >= 11 is 0. The van der Waals surface area contributed by atoms with Crippen LogP contribution in [0.25, 0.3) is 0 Å². The average Bonchev–Trinajstić information content (AvgIpc) is 2.72. The van der Waals surface area contributed by atoms with E-state index in [-0.39, 0.29) is 5.91 Å². The monoisotopic (exact) mass is 270 g/mol. The van der Waals surface area contributed by atoms with E-state index in [4.69, 9.17) is 9.47 Å². The van der Waals surface area contributed by atoms with Gasteiger partial charge in [0.15, 0.2) is 11.5 Å². The minimum absolute atomic E-state index is 0.188. The fourth-order valence-corrected chi connectivity index (χ4v) is 1.94. The highest BCUT2D eigenvalue weighted by atomic mass is 16.5. The maximum Gasteiger partial charge on any atom is 0.255 e. The molecule has 2 aromatic rings. The van der Waals surface area contributed by atoms with Crippen LogP contribution in [0, 0.1) is 0 Å². The summed E-state index contributed by atoms with van der Waals surface area (Å²) < 4.78 is 11.1. The molecule has 0 fully saturated rings. The Morgan fingerprint density at radius 1 is 1.05 bits per heavy atom. The second kappa shape index (κ2) is 5.61. The van der Waals surface area contributed by atoms with Gasteiger partial charge in [-0.25, -0.2) is 0 Å². The summed E-state index contributed by atoms with van der Waals surface area (Å²) in [5, 5.41) is 2.81. The number of fused-ring (bicyclic) bond motifs is 1. The van der Waals surface area contributed by atoms with Crippen LogP contribution in [0.4, 0.5) is 5.69 Å². The highest BCUT2D eigenvalue weighted by Crippen LogP contribution is 2.30. The lowest BCUT2D eigenvalue weighted by Crippen LogP contribution is -2.12. The molecule has 0 aliphatic carbocycles. The molecule has 0 bridgehead atoms. The number of amides is 1. The third-order valence-electron chi connectivity index (χ3n) is 2.95. The standard InChI is InChI=1S/C15H14N2O3/c18-15(17-12-4-6-16-7-5-12)11-2-3-13-14(10-11)20-9-1-8-19-13/h2-7,10H,1,8-9H2,(H,16,17,18). The first-order chi connectivity index (χ1) is 9.83. The summed E-state index contributed by atoms with van der Waals surface area (Å²) in [6.07, 6.45) is 4.10. The molecule has 1 aromatic heterocycles. The Morgan fingerprint density at radius 3 is 2.60 bits per heavy atom. The van der Waals surface area contributed by atoms with Crippen molar-refractivity contribution in [3.8, 4) is 11.5 Å². The molecular weight excluding hydrogens is 256 g/mol. The number of nitrogens with zero attached hydrogens (tertiary/aromatic N) is 1. The molecule has 0 atom stereocenters. The zero-order chi connectivity index (χ0) is 13.8. The van der Waals surface area contributed by atoms with Crippen LogP contribution < -0.4 is 14.8 Å². The molecule has 0 unspecified atom stereocenters. The molecule has 5 heteroatoms. The number of pyridine rings is 1. The van der Waals surface area contributed by atoms with Crippen molar-refractivity contribution in [2.75, 3.05) is 18.5 Å². The predicted molar refractivity (Wildman–Crippen MR) is 74.2 cm³/mol. The van der Waals surface area contributed by atoms with Gasteiger partial charge < -0.3 is 14.8 Å². The topological polar surface area (TPSA) is 60.5 Å². The van der Waals surface area contributed by atoms with Crippen LogP contribution in [0.15, 0.2) is 42.7 Å². The Labute approximate surface area is 116 Å². The average molecular weight is 270 g/mol. The van der Waals surface area contributed by atoms with Crippen molar-refractivity contribution in [2.45, 2.75) is 6.42 Å². The fourth-order valence-electron chi connectivity index (χ4n) is 1.94. The number of hydrogen-bond donors (Lipinski definition) is 1. The molecule has 0 saturated heterocycles. The molecular formula is C15H14N2O3. The van der Waals surface area contributed by atoms with E-state index in [9.17, 15) is 4.79 Å². The SMILES string of the molecule is O=C(Nc1ccncc1)c1ccc2c(c1)OCCCO2. The molecule has 102 valence electrons. The number of anilines is 1. The summed E-state index contributed by atoms with van der Waals surface area (Å²) in [5.74, 6) is 1.11. The number of benzene rings is 1. The third-order valence-corrected chi connectivity index (χ3v) is 2.95. The summed E-state index contributed by atoms with van der Waals surface area (Å²) in [6.45, 7) is 1.23. The molecule has 1 amide bonds. The number of hydrogen-bond acceptors (Lipinski definition) is 4. The summed E-state index contributed by atoms with van der Waals surface area (Å²) in [5.41, 5.74) is 1.24. The van der Waals surface area contributed by atoms with Crippen LogP contribution >= 0.6 is 0 Å². The van der Waals surface area contributed by atoms with Crippen molar-refractivity contribution in [3.63, 3.8) is 0 Å². The van der Waals surface area contributed by atoms with Crippen molar-refractivity contribution >= 4 is 11.6 Å². The van der Waals surface area contributed by atoms with Crippen molar-refractivity contribution in [1.82, 2.24) is 4.98 Å². The highest BCUT2D eigenvalue weighted by molar-refractivity contribution is 6.04. The lowest BCUT2D eigenvalue weighted by Gasteiger charge is -2.09. The van der Waals surface area contributed by atoms with Gasteiger partial charge in [-0.2, -0.15) is 0 Å². The summed E-state index contributed by atoms with van der Waals surface area (Å²) in [6, 6.07) is 8.67. The number of ether oxygens (including phenoxy) is 2. The minimum Gasteiger partial charge on any atom is -0.490 e. The Kier molecular flexibility index (Phi) is 3.50. The molecule has 5 nitrogen and oxygen atoms in total.